The van der Waals surface area contributed by atoms with Gasteiger partial charge in [0.1, 0.15) is 0 Å². The van der Waals surface area contributed by atoms with Crippen molar-refractivity contribution in [2.45, 2.75) is 87.4 Å². The van der Waals surface area contributed by atoms with Crippen LogP contribution in [0.15, 0.2) is 65.1 Å². The molecule has 46 heavy (non-hydrogen) atoms. The molecule has 1 fully saturated rings. The Morgan fingerprint density at radius 1 is 0.543 bits per heavy atom. The molecule has 0 N–H and O–H groups in total. The first-order chi connectivity index (χ1) is 21.1. The molecule has 0 aliphatic carbocycles. The standard InChI is InChI=1S/C14H20BClO2.C8H8ClI.C8H9Cl.C7H6BrCl/c1-9-8-12(16)10(2)7-11(9)15-17-13(3,4)14(5,6)18-15;1-5-4-8(10)6(2)3-7(5)9;1-6-3-4-7(2)8(9)5-6;1-5-2-3-6(8)7(9)4-5/h7-8H,1-6H3;3-4H,1-2H3;3-5H,1-2H3;2-4H,1H3. The van der Waals surface area contributed by atoms with Crippen LogP contribution in [0, 0.1) is 52.0 Å². The molecule has 1 heterocycles. The van der Waals surface area contributed by atoms with Gasteiger partial charge in [0.15, 0.2) is 0 Å². The Morgan fingerprint density at radius 2 is 0.978 bits per heavy atom. The highest BCUT2D eigenvalue weighted by molar-refractivity contribution is 14.1. The second-order valence-corrected chi connectivity index (χ2v) is 16.2. The van der Waals surface area contributed by atoms with E-state index >= 15 is 0 Å². The van der Waals surface area contributed by atoms with Crippen molar-refractivity contribution in [3.05, 3.63) is 128 Å². The Morgan fingerprint density at radius 3 is 1.41 bits per heavy atom. The van der Waals surface area contributed by atoms with E-state index in [0.717, 1.165) is 52.3 Å². The zero-order valence-electron chi connectivity index (χ0n) is 28.4. The molecule has 4 aromatic carbocycles. The SMILES string of the molecule is Cc1cc(B2OC(C)(C)C(C)(C)O2)c(C)cc1Cl.Cc1cc(I)c(C)cc1Cl.Cc1ccc(Br)c(Cl)c1.Cc1ccc(C)c(Cl)c1. The van der Waals surface area contributed by atoms with Crippen LogP contribution >= 0.6 is 84.9 Å². The molecule has 0 saturated carbocycles. The summed E-state index contributed by atoms with van der Waals surface area (Å²) in [5.74, 6) is 0. The highest BCUT2D eigenvalue weighted by Gasteiger charge is 2.52. The van der Waals surface area contributed by atoms with Crippen molar-refractivity contribution >= 4 is 97.5 Å². The van der Waals surface area contributed by atoms with Gasteiger partial charge in [-0.05, 0) is 195 Å². The molecule has 248 valence electrons. The van der Waals surface area contributed by atoms with Gasteiger partial charge in [-0.15, -0.1) is 0 Å². The largest absolute Gasteiger partial charge is 0.495 e. The summed E-state index contributed by atoms with van der Waals surface area (Å²) in [6, 6.07) is 20.0. The molecule has 0 spiro atoms. The van der Waals surface area contributed by atoms with Crippen LogP contribution < -0.4 is 5.46 Å². The van der Waals surface area contributed by atoms with Crippen molar-refractivity contribution in [3.8, 4) is 0 Å². The van der Waals surface area contributed by atoms with Gasteiger partial charge in [0.05, 0.1) is 16.2 Å². The lowest BCUT2D eigenvalue weighted by Gasteiger charge is -2.32. The first kappa shape index (κ1) is 41.4. The minimum atomic E-state index is -0.314. The Labute approximate surface area is 319 Å². The van der Waals surface area contributed by atoms with Gasteiger partial charge in [-0.25, -0.2) is 0 Å². The molecule has 0 amide bonds. The van der Waals surface area contributed by atoms with Crippen LogP contribution in [-0.2, 0) is 9.31 Å². The van der Waals surface area contributed by atoms with Crippen molar-refractivity contribution in [3.63, 3.8) is 0 Å². The monoisotopic (exact) mass is 876 g/mol. The van der Waals surface area contributed by atoms with E-state index in [-0.39, 0.29) is 18.3 Å². The van der Waals surface area contributed by atoms with Crippen molar-refractivity contribution in [1.82, 2.24) is 0 Å². The van der Waals surface area contributed by atoms with Crippen LogP contribution in [0.3, 0.4) is 0 Å². The molecule has 1 aliphatic rings. The molecule has 1 saturated heterocycles. The molecule has 0 bridgehead atoms. The summed E-state index contributed by atoms with van der Waals surface area (Å²) in [7, 11) is -0.314. The molecule has 9 heteroatoms. The summed E-state index contributed by atoms with van der Waals surface area (Å²) in [5.41, 5.74) is 8.53. The van der Waals surface area contributed by atoms with E-state index in [1.807, 2.05) is 84.0 Å². The molecule has 0 radical (unpaired) electrons. The Bertz CT molecular complexity index is 1540. The Kier molecular flexibility index (Phi) is 16.0. The zero-order valence-corrected chi connectivity index (χ0v) is 35.2. The van der Waals surface area contributed by atoms with Gasteiger partial charge in [-0.1, -0.05) is 70.7 Å². The van der Waals surface area contributed by atoms with Crippen LogP contribution in [0.1, 0.15) is 66.6 Å². The van der Waals surface area contributed by atoms with Gasteiger partial charge < -0.3 is 9.31 Å². The maximum absolute atomic E-state index is 6.12. The van der Waals surface area contributed by atoms with E-state index in [4.69, 9.17) is 55.7 Å². The summed E-state index contributed by atoms with van der Waals surface area (Å²) >= 11 is 29.2. The Hall–Kier alpha value is -0.765. The number of hydrogen-bond donors (Lipinski definition) is 0. The highest BCUT2D eigenvalue weighted by Crippen LogP contribution is 2.37. The van der Waals surface area contributed by atoms with E-state index < -0.39 is 0 Å². The van der Waals surface area contributed by atoms with Crippen molar-refractivity contribution in [2.24, 2.45) is 0 Å². The average Bonchev–Trinajstić information content (AvgIpc) is 3.17. The summed E-state index contributed by atoms with van der Waals surface area (Å²) < 4.78 is 14.4. The predicted octanol–water partition coefficient (Wildman–Crippen LogP) is 13.2. The normalized spacial score (nSPS) is 14.3. The van der Waals surface area contributed by atoms with Gasteiger partial charge >= 0.3 is 7.12 Å². The fourth-order valence-corrected chi connectivity index (χ4v) is 5.85. The number of aryl methyl sites for hydroxylation is 7. The summed E-state index contributed by atoms with van der Waals surface area (Å²) in [4.78, 5) is 0. The zero-order chi connectivity index (χ0) is 35.1. The second-order valence-electron chi connectivity index (χ2n) is 12.6. The van der Waals surface area contributed by atoms with Crippen LogP contribution in [0.25, 0.3) is 0 Å². The number of benzene rings is 4. The number of hydrogen-bond acceptors (Lipinski definition) is 2. The lowest BCUT2D eigenvalue weighted by Crippen LogP contribution is -2.41. The van der Waals surface area contributed by atoms with Crippen LogP contribution in [0.4, 0.5) is 0 Å². The van der Waals surface area contributed by atoms with Gasteiger partial charge in [0.2, 0.25) is 0 Å². The van der Waals surface area contributed by atoms with E-state index in [9.17, 15) is 0 Å². The number of halogens is 6. The van der Waals surface area contributed by atoms with E-state index in [0.29, 0.717) is 0 Å². The van der Waals surface area contributed by atoms with E-state index in [2.05, 4.69) is 91.3 Å². The highest BCUT2D eigenvalue weighted by atomic mass is 127. The average molecular weight is 879 g/mol. The third-order valence-electron chi connectivity index (χ3n) is 7.90. The van der Waals surface area contributed by atoms with Gasteiger partial charge in [0, 0.05) is 23.1 Å². The maximum Gasteiger partial charge on any atom is 0.495 e. The first-order valence-electron chi connectivity index (χ1n) is 14.8. The van der Waals surface area contributed by atoms with Crippen LogP contribution in [0.2, 0.25) is 20.1 Å². The lowest BCUT2D eigenvalue weighted by atomic mass is 9.75. The molecule has 0 aromatic heterocycles. The summed E-state index contributed by atoms with van der Waals surface area (Å²) in [6.45, 7) is 22.4. The summed E-state index contributed by atoms with van der Waals surface area (Å²) in [5, 5.41) is 3.27. The topological polar surface area (TPSA) is 18.5 Å². The van der Waals surface area contributed by atoms with Gasteiger partial charge in [-0.3, -0.25) is 0 Å². The van der Waals surface area contributed by atoms with Crippen molar-refractivity contribution in [1.29, 1.82) is 0 Å². The Balaban J connectivity index is 0.000000226. The quantitative estimate of drug-likeness (QED) is 0.140. The fourth-order valence-electron chi connectivity index (χ4n) is 4.07. The maximum atomic E-state index is 6.12. The minimum Gasteiger partial charge on any atom is -0.399 e. The molecular formula is C37H43BBrCl4IO2. The van der Waals surface area contributed by atoms with Crippen molar-refractivity contribution < 1.29 is 9.31 Å². The summed E-state index contributed by atoms with van der Waals surface area (Å²) in [6.07, 6.45) is 0. The second kappa shape index (κ2) is 17.8. The van der Waals surface area contributed by atoms with Crippen LogP contribution in [-0.4, -0.2) is 18.3 Å². The molecule has 2 nitrogen and oxygen atoms in total. The number of rotatable bonds is 1. The third-order valence-corrected chi connectivity index (χ3v) is 11.5. The molecular weight excluding hydrogens is 836 g/mol. The smallest absolute Gasteiger partial charge is 0.399 e. The van der Waals surface area contributed by atoms with Crippen molar-refractivity contribution in [2.75, 3.05) is 0 Å². The van der Waals surface area contributed by atoms with E-state index in [1.54, 1.807) is 0 Å². The third kappa shape index (κ3) is 12.0. The molecule has 0 atom stereocenters. The first-order valence-corrected chi connectivity index (χ1v) is 18.2. The molecule has 4 aromatic rings. The molecule has 5 rings (SSSR count). The van der Waals surface area contributed by atoms with E-state index in [1.165, 1.54) is 20.3 Å². The van der Waals surface area contributed by atoms with Crippen LogP contribution in [0.5, 0.6) is 0 Å². The lowest BCUT2D eigenvalue weighted by molar-refractivity contribution is 0.00578. The molecule has 0 unspecified atom stereocenters. The van der Waals surface area contributed by atoms with Gasteiger partial charge in [0.25, 0.3) is 0 Å². The minimum absolute atomic E-state index is 0.308. The fraction of sp³-hybridized carbons (Fsp3) is 0.351. The predicted molar refractivity (Wildman–Crippen MR) is 215 cm³/mol. The van der Waals surface area contributed by atoms with Gasteiger partial charge in [-0.2, -0.15) is 0 Å². The molecule has 1 aliphatic heterocycles.